The number of hydrogen-bond donors (Lipinski definition) is 4. The molecule has 8 nitrogen and oxygen atoms in total. The van der Waals surface area contributed by atoms with Crippen molar-refractivity contribution in [2.24, 2.45) is 0 Å². The Morgan fingerprint density at radius 1 is 1.21 bits per heavy atom. The molecule has 1 aliphatic rings. The predicted octanol–water partition coefficient (Wildman–Crippen LogP) is 2.42. The van der Waals surface area contributed by atoms with E-state index in [1.807, 2.05) is 38.1 Å². The molecule has 1 fully saturated rings. The molecule has 3 atom stereocenters. The van der Waals surface area contributed by atoms with E-state index < -0.39 is 35.2 Å². The maximum atomic E-state index is 12.6. The van der Waals surface area contributed by atoms with Crippen LogP contribution in [0.2, 0.25) is 0 Å². The second-order valence-electron chi connectivity index (χ2n) is 10.2. The maximum absolute atomic E-state index is 12.6. The first-order valence-electron chi connectivity index (χ1n) is 11.5. The third kappa shape index (κ3) is 5.33. The molecule has 3 rings (SSSR count). The van der Waals surface area contributed by atoms with Crippen molar-refractivity contribution in [1.82, 2.24) is 15.6 Å². The van der Waals surface area contributed by atoms with E-state index in [1.54, 1.807) is 20.8 Å². The largest absolute Gasteiger partial charge is 0.459 e. The lowest BCUT2D eigenvalue weighted by Gasteiger charge is -2.29. The van der Waals surface area contributed by atoms with E-state index in [0.29, 0.717) is 12.8 Å². The molecule has 1 aromatic heterocycles. The van der Waals surface area contributed by atoms with Gasteiger partial charge in [0.2, 0.25) is 11.8 Å². The van der Waals surface area contributed by atoms with Crippen LogP contribution in [0.5, 0.6) is 0 Å². The van der Waals surface area contributed by atoms with Crippen LogP contribution in [0.3, 0.4) is 0 Å². The molecular formula is C26H35N3O5. The number of nitrogens with one attached hydrogen (secondary N) is 3. The summed E-state index contributed by atoms with van der Waals surface area (Å²) in [7, 11) is 0. The Morgan fingerprint density at radius 3 is 2.47 bits per heavy atom. The van der Waals surface area contributed by atoms with Crippen LogP contribution >= 0.6 is 0 Å². The first kappa shape index (κ1) is 25.5. The lowest BCUT2D eigenvalue weighted by Crippen LogP contribution is -2.61. The summed E-state index contributed by atoms with van der Waals surface area (Å²) in [6, 6.07) is 4.58. The van der Waals surface area contributed by atoms with Gasteiger partial charge in [-0.2, -0.15) is 0 Å². The number of aromatic nitrogens is 1. The van der Waals surface area contributed by atoms with E-state index >= 15 is 0 Å². The molecule has 2 aromatic rings. The van der Waals surface area contributed by atoms with Crippen LogP contribution in [0.1, 0.15) is 58.4 Å². The lowest BCUT2D eigenvalue weighted by molar-refractivity contribution is -0.159. The molecule has 0 spiro atoms. The monoisotopic (exact) mass is 469 g/mol. The highest BCUT2D eigenvalue weighted by molar-refractivity contribution is 5.97. The number of piperazine rings is 1. The highest BCUT2D eigenvalue weighted by atomic mass is 16.6. The number of amides is 2. The molecule has 184 valence electrons. The minimum atomic E-state index is -1.22. The van der Waals surface area contributed by atoms with Gasteiger partial charge in [0.15, 0.2) is 0 Å². The van der Waals surface area contributed by atoms with Crippen LogP contribution < -0.4 is 10.6 Å². The number of aromatic amines is 1. The highest BCUT2D eigenvalue weighted by Crippen LogP contribution is 2.34. The normalized spacial score (nSPS) is 20.0. The van der Waals surface area contributed by atoms with E-state index in [-0.39, 0.29) is 11.8 Å². The number of carbonyl (C=O) groups excluding carboxylic acids is 3. The second kappa shape index (κ2) is 9.25. The van der Waals surface area contributed by atoms with E-state index in [2.05, 4.69) is 22.2 Å². The van der Waals surface area contributed by atoms with Crippen LogP contribution in [-0.4, -0.2) is 51.7 Å². The number of fused-ring (bicyclic) bond motifs is 1. The van der Waals surface area contributed by atoms with Gasteiger partial charge in [-0.15, -0.1) is 6.58 Å². The molecule has 2 amide bonds. The van der Waals surface area contributed by atoms with Gasteiger partial charge in [0.05, 0.1) is 5.60 Å². The minimum absolute atomic E-state index is 0.218. The summed E-state index contributed by atoms with van der Waals surface area (Å²) in [4.78, 5) is 39.9. The summed E-state index contributed by atoms with van der Waals surface area (Å²) in [5.41, 5.74) is 1.93. The fourth-order valence-electron chi connectivity index (χ4n) is 4.23. The number of esters is 1. The quantitative estimate of drug-likeness (QED) is 0.350. The van der Waals surface area contributed by atoms with Crippen molar-refractivity contribution in [1.29, 1.82) is 0 Å². The second-order valence-corrected chi connectivity index (χ2v) is 10.2. The zero-order valence-electron chi connectivity index (χ0n) is 20.7. The average Bonchev–Trinajstić information content (AvgIpc) is 3.09. The minimum Gasteiger partial charge on any atom is -0.459 e. The molecule has 0 radical (unpaired) electrons. The molecule has 4 N–H and O–H groups in total. The van der Waals surface area contributed by atoms with Gasteiger partial charge in [0.25, 0.3) is 0 Å². The van der Waals surface area contributed by atoms with E-state index in [1.165, 1.54) is 6.92 Å². The number of carbonyl (C=O) groups is 3. The number of allylic oxidation sites excluding steroid dienone is 1. The van der Waals surface area contributed by atoms with Crippen molar-refractivity contribution >= 4 is 28.7 Å². The highest BCUT2D eigenvalue weighted by Gasteiger charge is 2.34. The molecule has 3 unspecified atom stereocenters. The SMILES string of the molecule is C=CC(C)(C)c1[nH]c2ccc(CC(OC(C)=O)C(C)(C)O)cc2c1CC1NC(=O)C(C)NC1=O. The van der Waals surface area contributed by atoms with Crippen LogP contribution in [-0.2, 0) is 37.4 Å². The summed E-state index contributed by atoms with van der Waals surface area (Å²) in [5, 5.41) is 17.0. The number of H-pyrrole nitrogens is 1. The molecule has 8 heteroatoms. The Hall–Kier alpha value is -3.13. The van der Waals surface area contributed by atoms with Crippen molar-refractivity contribution in [3.63, 3.8) is 0 Å². The molecule has 1 saturated heterocycles. The summed E-state index contributed by atoms with van der Waals surface area (Å²) in [6.07, 6.45) is 1.74. The average molecular weight is 470 g/mol. The van der Waals surface area contributed by atoms with E-state index in [0.717, 1.165) is 27.7 Å². The van der Waals surface area contributed by atoms with Gasteiger partial charge in [0.1, 0.15) is 18.2 Å². The predicted molar refractivity (Wildman–Crippen MR) is 130 cm³/mol. The third-order valence-electron chi connectivity index (χ3n) is 6.44. The third-order valence-corrected chi connectivity index (χ3v) is 6.44. The summed E-state index contributed by atoms with van der Waals surface area (Å²) >= 11 is 0. The first-order chi connectivity index (χ1) is 15.7. The fourth-order valence-corrected chi connectivity index (χ4v) is 4.23. The van der Waals surface area contributed by atoms with Crippen molar-refractivity contribution in [2.75, 3.05) is 0 Å². The fraction of sp³-hybridized carbons (Fsp3) is 0.500. The van der Waals surface area contributed by atoms with Gasteiger partial charge < -0.3 is 25.5 Å². The van der Waals surface area contributed by atoms with Gasteiger partial charge in [-0.3, -0.25) is 14.4 Å². The molecule has 2 heterocycles. The number of rotatable bonds is 8. The summed E-state index contributed by atoms with van der Waals surface area (Å²) in [5.74, 6) is -0.903. The van der Waals surface area contributed by atoms with Crippen LogP contribution in [0, 0.1) is 0 Å². The summed E-state index contributed by atoms with van der Waals surface area (Å²) in [6.45, 7) is 14.2. The number of benzene rings is 1. The van der Waals surface area contributed by atoms with E-state index in [4.69, 9.17) is 4.74 Å². The Kier molecular flexibility index (Phi) is 6.94. The van der Waals surface area contributed by atoms with Crippen molar-refractivity contribution in [3.05, 3.63) is 47.7 Å². The maximum Gasteiger partial charge on any atom is 0.303 e. The Labute approximate surface area is 200 Å². The molecule has 1 aromatic carbocycles. The molecule has 0 aliphatic carbocycles. The van der Waals surface area contributed by atoms with Crippen LogP contribution in [0.4, 0.5) is 0 Å². The Morgan fingerprint density at radius 2 is 1.88 bits per heavy atom. The molecule has 34 heavy (non-hydrogen) atoms. The van der Waals surface area contributed by atoms with Gasteiger partial charge in [-0.1, -0.05) is 26.0 Å². The van der Waals surface area contributed by atoms with Crippen molar-refractivity contribution in [2.45, 2.75) is 83.6 Å². The Balaban J connectivity index is 2.06. The molecular weight excluding hydrogens is 434 g/mol. The molecule has 1 aliphatic heterocycles. The lowest BCUT2D eigenvalue weighted by atomic mass is 9.84. The van der Waals surface area contributed by atoms with E-state index in [9.17, 15) is 19.5 Å². The summed E-state index contributed by atoms with van der Waals surface area (Å²) < 4.78 is 5.38. The zero-order chi connectivity index (χ0) is 25.4. The van der Waals surface area contributed by atoms with Gasteiger partial charge in [-0.25, -0.2) is 0 Å². The zero-order valence-corrected chi connectivity index (χ0v) is 20.7. The number of aliphatic hydroxyl groups is 1. The van der Waals surface area contributed by atoms with Gasteiger partial charge in [0, 0.05) is 41.8 Å². The number of ether oxygens (including phenoxy) is 1. The standard InChI is InChI=1S/C26H35N3O5/c1-8-25(4,5)22-18(13-20-24(32)27-14(2)23(31)29-20)17-11-16(9-10-19(17)28-22)12-21(26(6,7)33)34-15(3)30/h8-11,14,20-21,28,33H,1,12-13H2,2-7H3,(H,27,32)(H,29,31). The van der Waals surface area contributed by atoms with Crippen LogP contribution in [0.25, 0.3) is 10.9 Å². The first-order valence-corrected chi connectivity index (χ1v) is 11.5. The van der Waals surface area contributed by atoms with Crippen molar-refractivity contribution in [3.8, 4) is 0 Å². The topological polar surface area (TPSA) is 121 Å². The van der Waals surface area contributed by atoms with Gasteiger partial charge >= 0.3 is 5.97 Å². The molecule has 0 bridgehead atoms. The van der Waals surface area contributed by atoms with Crippen molar-refractivity contribution < 1.29 is 24.2 Å². The Bertz CT molecular complexity index is 1130. The number of hydrogen-bond acceptors (Lipinski definition) is 5. The van der Waals surface area contributed by atoms with Crippen LogP contribution in [0.15, 0.2) is 30.9 Å². The molecule has 0 saturated carbocycles. The smallest absolute Gasteiger partial charge is 0.303 e. The van der Waals surface area contributed by atoms with Gasteiger partial charge in [-0.05, 0) is 44.0 Å².